The molecule has 9 nitrogen and oxygen atoms in total. The molecule has 1 amide bonds. The first-order valence-electron chi connectivity index (χ1n) is 9.92. The van der Waals surface area contributed by atoms with Crippen LogP contribution in [0.5, 0.6) is 5.88 Å². The third-order valence-corrected chi connectivity index (χ3v) is 4.81. The van der Waals surface area contributed by atoms with Crippen molar-refractivity contribution in [3.05, 3.63) is 41.7 Å². The van der Waals surface area contributed by atoms with Crippen LogP contribution in [-0.2, 0) is 0 Å². The number of aryl methyl sites for hydroxylation is 1. The van der Waals surface area contributed by atoms with Crippen molar-refractivity contribution in [3.63, 3.8) is 0 Å². The van der Waals surface area contributed by atoms with Crippen LogP contribution in [0, 0.1) is 12.7 Å². The number of aromatic nitrogens is 4. The number of likely N-dealkylation sites (N-methyl/N-ethyl adjacent to an activating group) is 1. The fourth-order valence-corrected chi connectivity index (χ4v) is 3.42. The van der Waals surface area contributed by atoms with Gasteiger partial charge >= 0.3 is 0 Å². The Bertz CT molecular complexity index is 1080. The highest BCUT2D eigenvalue weighted by atomic mass is 19.1. The average molecular weight is 413 g/mol. The molecule has 4 rings (SSSR count). The Hall–Kier alpha value is -3.27. The predicted octanol–water partition coefficient (Wildman–Crippen LogP) is 2.02. The lowest BCUT2D eigenvalue weighted by Gasteiger charge is -2.39. The molecular weight excluding hydrogens is 389 g/mol. The number of amides is 1. The molecule has 0 atom stereocenters. The molecule has 0 bridgehead atoms. The van der Waals surface area contributed by atoms with E-state index in [0.29, 0.717) is 30.0 Å². The second-order valence-electron chi connectivity index (χ2n) is 7.13. The van der Waals surface area contributed by atoms with Gasteiger partial charge in [-0.1, -0.05) is 6.92 Å². The highest BCUT2D eigenvalue weighted by molar-refractivity contribution is 6.05. The fourth-order valence-electron chi connectivity index (χ4n) is 3.42. The Balaban J connectivity index is 1.54. The van der Waals surface area contributed by atoms with E-state index in [1.54, 1.807) is 19.3 Å². The Morgan fingerprint density at radius 2 is 2.10 bits per heavy atom. The smallest absolute Gasteiger partial charge is 0.262 e. The molecule has 4 heterocycles. The molecule has 1 aliphatic heterocycles. The summed E-state index contributed by atoms with van der Waals surface area (Å²) in [5.41, 5.74) is 1.37. The lowest BCUT2D eigenvalue weighted by molar-refractivity contribution is 0.102. The summed E-state index contributed by atoms with van der Waals surface area (Å²) in [6.07, 6.45) is 4.73. The number of pyridine rings is 1. The summed E-state index contributed by atoms with van der Waals surface area (Å²) in [5, 5.41) is 6.06. The van der Waals surface area contributed by atoms with Crippen LogP contribution in [0.25, 0.3) is 5.65 Å². The first-order chi connectivity index (χ1) is 14.5. The number of imidazole rings is 1. The molecular formula is C20H24FN7O2. The molecule has 0 radical (unpaired) electrons. The predicted molar refractivity (Wildman–Crippen MR) is 111 cm³/mol. The Kier molecular flexibility index (Phi) is 5.49. The molecule has 30 heavy (non-hydrogen) atoms. The quantitative estimate of drug-likeness (QED) is 0.612. The van der Waals surface area contributed by atoms with Gasteiger partial charge in [0.25, 0.3) is 5.91 Å². The Labute approximate surface area is 173 Å². The van der Waals surface area contributed by atoms with Crippen molar-refractivity contribution in [2.45, 2.75) is 26.8 Å². The summed E-state index contributed by atoms with van der Waals surface area (Å²) in [6.45, 7) is 8.52. The van der Waals surface area contributed by atoms with Gasteiger partial charge in [-0.05, 0) is 20.4 Å². The largest absolute Gasteiger partial charge is 0.477 e. The van der Waals surface area contributed by atoms with Crippen LogP contribution in [0.3, 0.4) is 0 Å². The minimum atomic E-state index is -0.523. The Morgan fingerprint density at radius 1 is 1.30 bits per heavy atom. The summed E-state index contributed by atoms with van der Waals surface area (Å²) in [5.74, 6) is -0.280. The normalized spacial score (nSPS) is 14.1. The van der Waals surface area contributed by atoms with E-state index in [9.17, 15) is 9.18 Å². The van der Waals surface area contributed by atoms with Gasteiger partial charge < -0.3 is 24.7 Å². The zero-order valence-electron chi connectivity index (χ0n) is 17.1. The van der Waals surface area contributed by atoms with Crippen molar-refractivity contribution < 1.29 is 13.9 Å². The molecule has 0 aromatic carbocycles. The maximum Gasteiger partial charge on any atom is 0.262 e. The molecule has 0 unspecified atom stereocenters. The third kappa shape index (κ3) is 3.90. The zero-order valence-corrected chi connectivity index (χ0v) is 17.1. The van der Waals surface area contributed by atoms with Gasteiger partial charge in [0.15, 0.2) is 11.5 Å². The SMILES string of the molecule is CCNC1CN(c2ncc(C(=O)Nc3cc(F)c4nc(C)cn4c3)c(OCC)n2)C1. The number of anilines is 2. The lowest BCUT2D eigenvalue weighted by atomic mass is 10.1. The number of halogens is 1. The number of rotatable bonds is 7. The van der Waals surface area contributed by atoms with Crippen LogP contribution in [0.1, 0.15) is 29.9 Å². The van der Waals surface area contributed by atoms with Gasteiger partial charge in [0, 0.05) is 43.8 Å². The van der Waals surface area contributed by atoms with Crippen molar-refractivity contribution in [3.8, 4) is 5.88 Å². The summed E-state index contributed by atoms with van der Waals surface area (Å²) in [6, 6.07) is 1.64. The molecule has 0 saturated carbocycles. The molecule has 0 spiro atoms. The first kappa shape index (κ1) is 20.0. The molecule has 1 saturated heterocycles. The maximum absolute atomic E-state index is 14.3. The van der Waals surface area contributed by atoms with Crippen LogP contribution in [0.15, 0.2) is 24.7 Å². The first-order valence-corrected chi connectivity index (χ1v) is 9.92. The second kappa shape index (κ2) is 8.23. The van der Waals surface area contributed by atoms with Crippen molar-refractivity contribution in [1.29, 1.82) is 0 Å². The number of nitrogens with zero attached hydrogens (tertiary/aromatic N) is 5. The van der Waals surface area contributed by atoms with Crippen molar-refractivity contribution in [1.82, 2.24) is 24.7 Å². The third-order valence-electron chi connectivity index (χ3n) is 4.81. The van der Waals surface area contributed by atoms with Gasteiger partial charge in [-0.2, -0.15) is 4.98 Å². The van der Waals surface area contributed by atoms with Crippen molar-refractivity contribution in [2.75, 3.05) is 36.5 Å². The number of fused-ring (bicyclic) bond motifs is 1. The monoisotopic (exact) mass is 413 g/mol. The summed E-state index contributed by atoms with van der Waals surface area (Å²) >= 11 is 0. The summed E-state index contributed by atoms with van der Waals surface area (Å²) in [4.78, 5) is 27.7. The summed E-state index contributed by atoms with van der Waals surface area (Å²) < 4.78 is 21.4. The minimum Gasteiger partial charge on any atom is -0.477 e. The number of carbonyl (C=O) groups is 1. The number of carbonyl (C=O) groups excluding carboxylic acids is 1. The minimum absolute atomic E-state index is 0.187. The van der Waals surface area contributed by atoms with E-state index in [1.807, 2.05) is 11.8 Å². The topological polar surface area (TPSA) is 96.7 Å². The standard InChI is InChI=1S/C20H24FN7O2/c1-4-22-14-10-28(11-14)20-23-7-15(19(26-20)30-5-2)18(29)25-13-6-16(21)17-24-12(3)8-27(17)9-13/h6-9,14,22H,4-5,10-11H2,1-3H3,(H,25,29). The van der Waals surface area contributed by atoms with E-state index in [2.05, 4.69) is 32.5 Å². The van der Waals surface area contributed by atoms with Gasteiger partial charge in [-0.15, -0.1) is 0 Å². The maximum atomic E-state index is 14.3. The van der Waals surface area contributed by atoms with Crippen LogP contribution in [-0.4, -0.2) is 57.5 Å². The lowest BCUT2D eigenvalue weighted by Crippen LogP contribution is -2.58. The summed E-state index contributed by atoms with van der Waals surface area (Å²) in [7, 11) is 0. The molecule has 158 valence electrons. The molecule has 3 aromatic rings. The van der Waals surface area contributed by atoms with Crippen molar-refractivity contribution >= 4 is 23.2 Å². The number of nitrogens with one attached hydrogen (secondary N) is 2. The van der Waals surface area contributed by atoms with E-state index < -0.39 is 11.7 Å². The molecule has 3 aromatic heterocycles. The molecule has 10 heteroatoms. The van der Waals surface area contributed by atoms with E-state index >= 15 is 0 Å². The van der Waals surface area contributed by atoms with E-state index in [4.69, 9.17) is 4.74 Å². The number of hydrogen-bond donors (Lipinski definition) is 2. The number of ether oxygens (including phenoxy) is 1. The second-order valence-corrected chi connectivity index (χ2v) is 7.13. The zero-order chi connectivity index (χ0) is 21.3. The van der Waals surface area contributed by atoms with Crippen LogP contribution < -0.4 is 20.3 Å². The van der Waals surface area contributed by atoms with Crippen LogP contribution in [0.2, 0.25) is 0 Å². The van der Waals surface area contributed by atoms with Gasteiger partial charge in [0.2, 0.25) is 11.8 Å². The van der Waals surface area contributed by atoms with Crippen molar-refractivity contribution in [2.24, 2.45) is 0 Å². The van der Waals surface area contributed by atoms with Gasteiger partial charge in [-0.25, -0.2) is 14.4 Å². The molecule has 2 N–H and O–H groups in total. The van der Waals surface area contributed by atoms with Gasteiger partial charge in [0.05, 0.1) is 18.0 Å². The van der Waals surface area contributed by atoms with Crippen LogP contribution in [0.4, 0.5) is 16.0 Å². The highest BCUT2D eigenvalue weighted by Gasteiger charge is 2.29. The average Bonchev–Trinajstić information content (AvgIpc) is 3.05. The molecule has 1 aliphatic rings. The van der Waals surface area contributed by atoms with Gasteiger partial charge in [0.1, 0.15) is 5.56 Å². The van der Waals surface area contributed by atoms with Gasteiger partial charge in [-0.3, -0.25) is 4.79 Å². The van der Waals surface area contributed by atoms with Crippen LogP contribution >= 0.6 is 0 Å². The number of hydrogen-bond acceptors (Lipinski definition) is 7. The highest BCUT2D eigenvalue weighted by Crippen LogP contribution is 2.24. The fraction of sp³-hybridized carbons (Fsp3) is 0.400. The van der Waals surface area contributed by atoms with E-state index in [1.165, 1.54) is 16.7 Å². The Morgan fingerprint density at radius 3 is 2.83 bits per heavy atom. The van der Waals surface area contributed by atoms with E-state index in [0.717, 1.165) is 19.6 Å². The molecule has 1 fully saturated rings. The van der Waals surface area contributed by atoms with E-state index in [-0.39, 0.29) is 17.1 Å². The molecule has 0 aliphatic carbocycles.